The van der Waals surface area contributed by atoms with Crippen LogP contribution in [0.2, 0.25) is 0 Å². The number of nitrogens with one attached hydrogen (secondary N) is 1. The molecule has 0 saturated carbocycles. The average Bonchev–Trinajstić information content (AvgIpc) is 2.77. The van der Waals surface area contributed by atoms with Crippen molar-refractivity contribution >= 4 is 17.3 Å². The zero-order valence-electron chi connectivity index (χ0n) is 16.1. The first-order valence-electron chi connectivity index (χ1n) is 9.79. The van der Waals surface area contributed by atoms with Gasteiger partial charge in [0.25, 0.3) is 0 Å². The predicted molar refractivity (Wildman–Crippen MR) is 119 cm³/mol. The summed E-state index contributed by atoms with van der Waals surface area (Å²) in [6.07, 6.45) is 0.651. The third-order valence-electron chi connectivity index (χ3n) is 5.50. The van der Waals surface area contributed by atoms with Crippen LogP contribution in [0.25, 0.3) is 0 Å². The van der Waals surface area contributed by atoms with Gasteiger partial charge in [0.1, 0.15) is 0 Å². The van der Waals surface area contributed by atoms with Gasteiger partial charge in [-0.15, -0.1) is 0 Å². The Morgan fingerprint density at radius 3 is 2.17 bits per heavy atom. The molecule has 0 aromatic heterocycles. The number of benzene rings is 3. The van der Waals surface area contributed by atoms with Crippen LogP contribution in [-0.2, 0) is 13.0 Å². The molecule has 0 amide bonds. The Labute approximate surface area is 176 Å². The number of phenols is 2. The molecule has 3 aromatic carbocycles. The van der Waals surface area contributed by atoms with Gasteiger partial charge in [-0.3, -0.25) is 0 Å². The Morgan fingerprint density at radius 1 is 0.931 bits per heavy atom. The number of rotatable bonds is 4. The van der Waals surface area contributed by atoms with Gasteiger partial charge in [0, 0.05) is 31.1 Å². The molecule has 4 nitrogen and oxygen atoms in total. The lowest BCUT2D eigenvalue weighted by Gasteiger charge is -2.32. The van der Waals surface area contributed by atoms with E-state index in [1.807, 2.05) is 18.2 Å². The Hall–Kier alpha value is -3.05. The van der Waals surface area contributed by atoms with Gasteiger partial charge >= 0.3 is 0 Å². The first-order valence-corrected chi connectivity index (χ1v) is 10.2. The highest BCUT2D eigenvalue weighted by Gasteiger charge is 2.23. The van der Waals surface area contributed by atoms with Gasteiger partial charge in [0.2, 0.25) is 0 Å². The number of nitrogens with zero attached hydrogens (tertiary/aromatic N) is 1. The Bertz CT molecular complexity index is 953. The lowest BCUT2D eigenvalue weighted by atomic mass is 9.91. The molecule has 0 unspecified atom stereocenters. The van der Waals surface area contributed by atoms with Crippen molar-refractivity contribution in [2.24, 2.45) is 0 Å². The van der Waals surface area contributed by atoms with Gasteiger partial charge in [-0.2, -0.15) is 0 Å². The van der Waals surface area contributed by atoms with Gasteiger partial charge < -0.3 is 20.4 Å². The number of phenolic OH excluding ortho intramolecular Hbond substituents is 2. The molecule has 1 aliphatic heterocycles. The SMILES string of the molecule is Oc1ccc2c(c1O)CCN(C(=S)NCC(c1ccccc1)c1ccccc1)C2. The Balaban J connectivity index is 1.47. The summed E-state index contributed by atoms with van der Waals surface area (Å²) >= 11 is 5.68. The second-order valence-electron chi connectivity index (χ2n) is 7.30. The molecule has 0 spiro atoms. The van der Waals surface area contributed by atoms with E-state index in [1.54, 1.807) is 0 Å². The largest absolute Gasteiger partial charge is 0.504 e. The molecule has 1 heterocycles. The van der Waals surface area contributed by atoms with Crippen molar-refractivity contribution in [3.05, 3.63) is 95.1 Å². The molecule has 5 heteroatoms. The van der Waals surface area contributed by atoms with Gasteiger partial charge in [0.15, 0.2) is 16.6 Å². The van der Waals surface area contributed by atoms with Gasteiger partial charge in [-0.1, -0.05) is 66.7 Å². The average molecular weight is 405 g/mol. The van der Waals surface area contributed by atoms with Gasteiger partial charge in [-0.05, 0) is 41.4 Å². The molecular formula is C24H24N2O2S. The van der Waals surface area contributed by atoms with E-state index in [9.17, 15) is 10.2 Å². The fraction of sp³-hybridized carbons (Fsp3) is 0.208. The van der Waals surface area contributed by atoms with E-state index in [4.69, 9.17) is 12.2 Å². The van der Waals surface area contributed by atoms with Crippen LogP contribution in [0, 0.1) is 0 Å². The molecule has 3 N–H and O–H groups in total. The maximum atomic E-state index is 10.1. The van der Waals surface area contributed by atoms with E-state index in [2.05, 4.69) is 58.7 Å². The molecule has 0 aliphatic carbocycles. The lowest BCUT2D eigenvalue weighted by molar-refractivity contribution is 0.362. The van der Waals surface area contributed by atoms with E-state index in [-0.39, 0.29) is 17.4 Å². The van der Waals surface area contributed by atoms with Crippen LogP contribution in [0.15, 0.2) is 72.8 Å². The van der Waals surface area contributed by atoms with Crippen molar-refractivity contribution in [1.29, 1.82) is 0 Å². The smallest absolute Gasteiger partial charge is 0.169 e. The fourth-order valence-corrected chi connectivity index (χ4v) is 4.14. The van der Waals surface area contributed by atoms with Crippen molar-refractivity contribution in [3.63, 3.8) is 0 Å². The summed E-state index contributed by atoms with van der Waals surface area (Å²) in [5.41, 5.74) is 4.31. The van der Waals surface area contributed by atoms with Crippen LogP contribution in [-0.4, -0.2) is 33.3 Å². The summed E-state index contributed by atoms with van der Waals surface area (Å²) < 4.78 is 0. The van der Waals surface area contributed by atoms with Crippen molar-refractivity contribution in [2.75, 3.05) is 13.1 Å². The minimum atomic E-state index is -0.0635. The molecule has 0 radical (unpaired) electrons. The molecule has 0 saturated heterocycles. The molecular weight excluding hydrogens is 380 g/mol. The lowest BCUT2D eigenvalue weighted by Crippen LogP contribution is -2.43. The molecule has 4 rings (SSSR count). The molecule has 29 heavy (non-hydrogen) atoms. The second kappa shape index (κ2) is 8.53. The molecule has 148 valence electrons. The quantitative estimate of drug-likeness (QED) is 0.450. The van der Waals surface area contributed by atoms with E-state index < -0.39 is 0 Å². The van der Waals surface area contributed by atoms with Crippen LogP contribution in [0.4, 0.5) is 0 Å². The van der Waals surface area contributed by atoms with Crippen LogP contribution in [0.1, 0.15) is 28.2 Å². The molecule has 1 aliphatic rings. The molecule has 0 bridgehead atoms. The molecule has 0 fully saturated rings. The summed E-state index contributed by atoms with van der Waals surface area (Å²) in [5.74, 6) is 0.133. The normalized spacial score (nSPS) is 13.2. The van der Waals surface area contributed by atoms with E-state index >= 15 is 0 Å². The highest BCUT2D eigenvalue weighted by molar-refractivity contribution is 7.80. The highest BCUT2D eigenvalue weighted by Crippen LogP contribution is 2.34. The van der Waals surface area contributed by atoms with Crippen molar-refractivity contribution < 1.29 is 10.2 Å². The van der Waals surface area contributed by atoms with Gasteiger partial charge in [-0.25, -0.2) is 0 Å². The number of hydrogen-bond donors (Lipinski definition) is 3. The first-order chi connectivity index (χ1) is 14.1. The van der Waals surface area contributed by atoms with Crippen LogP contribution >= 0.6 is 12.2 Å². The maximum Gasteiger partial charge on any atom is 0.169 e. The Morgan fingerprint density at radius 2 is 1.55 bits per heavy atom. The maximum absolute atomic E-state index is 10.1. The summed E-state index contributed by atoms with van der Waals surface area (Å²) in [6.45, 7) is 2.03. The minimum absolute atomic E-state index is 0.00533. The summed E-state index contributed by atoms with van der Waals surface area (Å²) in [5, 5.41) is 24.0. The zero-order valence-corrected chi connectivity index (χ0v) is 16.9. The molecule has 3 aromatic rings. The van der Waals surface area contributed by atoms with Crippen LogP contribution in [0.3, 0.4) is 0 Å². The zero-order chi connectivity index (χ0) is 20.2. The minimum Gasteiger partial charge on any atom is -0.504 e. The van der Waals surface area contributed by atoms with Crippen molar-refractivity contribution in [2.45, 2.75) is 18.9 Å². The van der Waals surface area contributed by atoms with Crippen molar-refractivity contribution in [1.82, 2.24) is 10.2 Å². The predicted octanol–water partition coefficient (Wildman–Crippen LogP) is 4.16. The number of fused-ring (bicyclic) bond motifs is 1. The summed E-state index contributed by atoms with van der Waals surface area (Å²) in [4.78, 5) is 2.11. The summed E-state index contributed by atoms with van der Waals surface area (Å²) in [6, 6.07) is 24.3. The highest BCUT2D eigenvalue weighted by atomic mass is 32.1. The Kier molecular flexibility index (Phi) is 5.67. The standard InChI is InChI=1S/C24H24N2O2S/c27-22-12-11-19-16-26(14-13-20(19)23(22)28)24(29)25-15-21(17-7-3-1-4-8-17)18-9-5-2-6-10-18/h1-12,21,27-28H,13-16H2,(H,25,29). The number of thiocarbonyl (C=S) groups is 1. The van der Waals surface area contributed by atoms with Gasteiger partial charge in [0.05, 0.1) is 0 Å². The fourth-order valence-electron chi connectivity index (χ4n) is 3.90. The topological polar surface area (TPSA) is 55.7 Å². The van der Waals surface area contributed by atoms with E-state index in [0.29, 0.717) is 31.2 Å². The number of hydrogen-bond acceptors (Lipinski definition) is 3. The summed E-state index contributed by atoms with van der Waals surface area (Å²) in [7, 11) is 0. The monoisotopic (exact) mass is 404 g/mol. The third-order valence-corrected chi connectivity index (χ3v) is 5.90. The van der Waals surface area contributed by atoms with E-state index in [0.717, 1.165) is 11.1 Å². The third kappa shape index (κ3) is 4.20. The molecule has 0 atom stereocenters. The number of aromatic hydroxyl groups is 2. The van der Waals surface area contributed by atoms with Crippen LogP contribution in [0.5, 0.6) is 11.5 Å². The van der Waals surface area contributed by atoms with Crippen LogP contribution < -0.4 is 5.32 Å². The van der Waals surface area contributed by atoms with E-state index in [1.165, 1.54) is 17.2 Å². The van der Waals surface area contributed by atoms with Crippen molar-refractivity contribution in [3.8, 4) is 11.5 Å². The first kappa shape index (κ1) is 19.3. The second-order valence-corrected chi connectivity index (χ2v) is 7.69.